The van der Waals surface area contributed by atoms with Crippen LogP contribution in [0.5, 0.6) is 0 Å². The SMILES string of the molecule is O=Cc1ccccc1-c1cnn(CCN2CCOCC2)c1. The molecule has 2 heterocycles. The van der Waals surface area contributed by atoms with Gasteiger partial charge in [-0.25, -0.2) is 0 Å². The highest BCUT2D eigenvalue weighted by atomic mass is 16.5. The number of ether oxygens (including phenoxy) is 1. The van der Waals surface area contributed by atoms with Crippen LogP contribution in [0.25, 0.3) is 11.1 Å². The van der Waals surface area contributed by atoms with Gasteiger partial charge in [0.2, 0.25) is 0 Å². The van der Waals surface area contributed by atoms with E-state index in [1.54, 1.807) is 0 Å². The molecular weight excluding hydrogens is 266 g/mol. The van der Waals surface area contributed by atoms with Crippen LogP contribution >= 0.6 is 0 Å². The van der Waals surface area contributed by atoms with Crippen LogP contribution in [-0.2, 0) is 11.3 Å². The van der Waals surface area contributed by atoms with E-state index in [0.717, 1.165) is 56.8 Å². The molecule has 0 unspecified atom stereocenters. The molecule has 0 spiro atoms. The second-order valence-electron chi connectivity index (χ2n) is 5.15. The van der Waals surface area contributed by atoms with E-state index >= 15 is 0 Å². The minimum atomic E-state index is 0.699. The Morgan fingerprint density at radius 2 is 2.00 bits per heavy atom. The molecule has 0 atom stereocenters. The van der Waals surface area contributed by atoms with Crippen LogP contribution in [0.1, 0.15) is 10.4 Å². The van der Waals surface area contributed by atoms with E-state index in [1.165, 1.54) is 0 Å². The van der Waals surface area contributed by atoms with Crippen LogP contribution < -0.4 is 0 Å². The molecule has 1 aliphatic rings. The standard InChI is InChI=1S/C16H19N3O2/c20-13-14-3-1-2-4-16(14)15-11-17-19(12-15)6-5-18-7-9-21-10-8-18/h1-4,11-13H,5-10H2. The molecule has 2 aromatic rings. The summed E-state index contributed by atoms with van der Waals surface area (Å²) >= 11 is 0. The van der Waals surface area contributed by atoms with Crippen molar-refractivity contribution in [2.24, 2.45) is 0 Å². The zero-order valence-corrected chi connectivity index (χ0v) is 11.9. The number of rotatable bonds is 5. The van der Waals surface area contributed by atoms with Crippen LogP contribution in [0.2, 0.25) is 0 Å². The van der Waals surface area contributed by atoms with Gasteiger partial charge in [-0.15, -0.1) is 0 Å². The Kier molecular flexibility index (Phi) is 4.43. The van der Waals surface area contributed by atoms with Crippen molar-refractivity contribution in [1.29, 1.82) is 0 Å². The summed E-state index contributed by atoms with van der Waals surface area (Å²) in [6.45, 7) is 5.43. The molecule has 110 valence electrons. The molecule has 1 fully saturated rings. The Morgan fingerprint density at radius 1 is 1.19 bits per heavy atom. The lowest BCUT2D eigenvalue weighted by molar-refractivity contribution is 0.0360. The molecule has 0 bridgehead atoms. The van der Waals surface area contributed by atoms with E-state index in [-0.39, 0.29) is 0 Å². The van der Waals surface area contributed by atoms with Gasteiger partial charge in [0.15, 0.2) is 6.29 Å². The van der Waals surface area contributed by atoms with Gasteiger partial charge in [0, 0.05) is 37.0 Å². The predicted octanol–water partition coefficient (Wildman–Crippen LogP) is 1.69. The number of aromatic nitrogens is 2. The lowest BCUT2D eigenvalue weighted by Gasteiger charge is -2.26. The van der Waals surface area contributed by atoms with Crippen molar-refractivity contribution in [1.82, 2.24) is 14.7 Å². The fraction of sp³-hybridized carbons (Fsp3) is 0.375. The quantitative estimate of drug-likeness (QED) is 0.784. The average Bonchev–Trinajstić information content (AvgIpc) is 3.02. The number of benzene rings is 1. The monoisotopic (exact) mass is 285 g/mol. The highest BCUT2D eigenvalue weighted by molar-refractivity contribution is 5.87. The summed E-state index contributed by atoms with van der Waals surface area (Å²) in [6, 6.07) is 7.59. The lowest BCUT2D eigenvalue weighted by atomic mass is 10.0. The van der Waals surface area contributed by atoms with Gasteiger partial charge in [-0.05, 0) is 5.56 Å². The third-order valence-corrected chi connectivity index (χ3v) is 3.78. The minimum Gasteiger partial charge on any atom is -0.379 e. The second-order valence-corrected chi connectivity index (χ2v) is 5.15. The maximum Gasteiger partial charge on any atom is 0.150 e. The summed E-state index contributed by atoms with van der Waals surface area (Å²) in [7, 11) is 0. The first-order valence-corrected chi connectivity index (χ1v) is 7.24. The highest BCUT2D eigenvalue weighted by Crippen LogP contribution is 2.21. The molecule has 1 aliphatic heterocycles. The maximum atomic E-state index is 11.1. The van der Waals surface area contributed by atoms with E-state index in [1.807, 2.05) is 41.3 Å². The van der Waals surface area contributed by atoms with Gasteiger partial charge < -0.3 is 4.74 Å². The molecule has 1 aromatic carbocycles. The van der Waals surface area contributed by atoms with Crippen LogP contribution in [0.15, 0.2) is 36.7 Å². The molecule has 0 N–H and O–H groups in total. The van der Waals surface area contributed by atoms with Gasteiger partial charge in [0.25, 0.3) is 0 Å². The number of hydrogen-bond acceptors (Lipinski definition) is 4. The van der Waals surface area contributed by atoms with E-state index < -0.39 is 0 Å². The number of hydrogen-bond donors (Lipinski definition) is 0. The second kappa shape index (κ2) is 6.65. The number of nitrogens with zero attached hydrogens (tertiary/aromatic N) is 3. The van der Waals surface area contributed by atoms with Crippen molar-refractivity contribution in [2.45, 2.75) is 6.54 Å². The largest absolute Gasteiger partial charge is 0.379 e. The Labute approximate surface area is 124 Å². The normalized spacial score (nSPS) is 16.0. The molecule has 3 rings (SSSR count). The van der Waals surface area contributed by atoms with Crippen LogP contribution in [0.4, 0.5) is 0 Å². The van der Waals surface area contributed by atoms with E-state index in [9.17, 15) is 4.79 Å². The predicted molar refractivity (Wildman–Crippen MR) is 80.3 cm³/mol. The summed E-state index contributed by atoms with van der Waals surface area (Å²) in [4.78, 5) is 13.5. The molecule has 0 radical (unpaired) electrons. The summed E-state index contributed by atoms with van der Waals surface area (Å²) in [5.41, 5.74) is 2.62. The van der Waals surface area contributed by atoms with Gasteiger partial charge in [0.05, 0.1) is 26.0 Å². The maximum absolute atomic E-state index is 11.1. The van der Waals surface area contributed by atoms with Crippen molar-refractivity contribution in [3.8, 4) is 11.1 Å². The fourth-order valence-electron chi connectivity index (χ4n) is 2.56. The van der Waals surface area contributed by atoms with Crippen molar-refractivity contribution >= 4 is 6.29 Å². The average molecular weight is 285 g/mol. The first-order valence-electron chi connectivity index (χ1n) is 7.24. The summed E-state index contributed by atoms with van der Waals surface area (Å²) in [6.07, 6.45) is 4.71. The Hall–Kier alpha value is -1.98. The van der Waals surface area contributed by atoms with Gasteiger partial charge >= 0.3 is 0 Å². The van der Waals surface area contributed by atoms with Crippen LogP contribution in [-0.4, -0.2) is 53.8 Å². The first kappa shape index (κ1) is 14.0. The van der Waals surface area contributed by atoms with Crippen molar-refractivity contribution in [2.75, 3.05) is 32.8 Å². The van der Waals surface area contributed by atoms with Crippen molar-refractivity contribution in [3.63, 3.8) is 0 Å². The summed E-state index contributed by atoms with van der Waals surface area (Å²) in [5.74, 6) is 0. The number of aldehydes is 1. The van der Waals surface area contributed by atoms with Crippen LogP contribution in [0.3, 0.4) is 0 Å². The van der Waals surface area contributed by atoms with E-state index in [4.69, 9.17) is 4.74 Å². The zero-order valence-electron chi connectivity index (χ0n) is 11.9. The molecule has 0 aliphatic carbocycles. The molecule has 0 amide bonds. The molecule has 21 heavy (non-hydrogen) atoms. The Bertz CT molecular complexity index is 603. The fourth-order valence-corrected chi connectivity index (χ4v) is 2.56. The first-order chi connectivity index (χ1) is 10.4. The van der Waals surface area contributed by atoms with Crippen molar-refractivity contribution < 1.29 is 9.53 Å². The van der Waals surface area contributed by atoms with Gasteiger partial charge in [-0.1, -0.05) is 24.3 Å². The van der Waals surface area contributed by atoms with Gasteiger partial charge in [0.1, 0.15) is 0 Å². The minimum absolute atomic E-state index is 0.699. The number of carbonyl (C=O) groups excluding carboxylic acids is 1. The third kappa shape index (κ3) is 3.37. The third-order valence-electron chi connectivity index (χ3n) is 3.78. The Balaban J connectivity index is 1.67. The molecule has 1 aromatic heterocycles. The van der Waals surface area contributed by atoms with Gasteiger partial charge in [-0.3, -0.25) is 14.4 Å². The van der Waals surface area contributed by atoms with E-state index in [2.05, 4.69) is 10.00 Å². The summed E-state index contributed by atoms with van der Waals surface area (Å²) < 4.78 is 7.28. The van der Waals surface area contributed by atoms with E-state index in [0.29, 0.717) is 5.56 Å². The molecule has 5 heteroatoms. The lowest BCUT2D eigenvalue weighted by Crippen LogP contribution is -2.38. The summed E-state index contributed by atoms with van der Waals surface area (Å²) in [5, 5.41) is 4.40. The topological polar surface area (TPSA) is 47.4 Å². The number of morpholine rings is 1. The van der Waals surface area contributed by atoms with Crippen molar-refractivity contribution in [3.05, 3.63) is 42.2 Å². The Morgan fingerprint density at radius 3 is 2.81 bits per heavy atom. The smallest absolute Gasteiger partial charge is 0.150 e. The van der Waals surface area contributed by atoms with Gasteiger partial charge in [-0.2, -0.15) is 5.10 Å². The zero-order chi connectivity index (χ0) is 14.5. The molecule has 0 saturated carbocycles. The molecule has 1 saturated heterocycles. The van der Waals surface area contributed by atoms with Crippen LogP contribution in [0, 0.1) is 0 Å². The number of carbonyl (C=O) groups is 1. The highest BCUT2D eigenvalue weighted by Gasteiger charge is 2.11. The molecular formula is C16H19N3O2. The molecule has 5 nitrogen and oxygen atoms in total.